The van der Waals surface area contributed by atoms with Gasteiger partial charge in [-0.05, 0) is 54.4 Å². The van der Waals surface area contributed by atoms with Crippen LogP contribution in [-0.2, 0) is 24.5 Å². The van der Waals surface area contributed by atoms with Crippen molar-refractivity contribution in [1.29, 1.82) is 0 Å². The van der Waals surface area contributed by atoms with Gasteiger partial charge in [0.25, 0.3) is 5.91 Å². The molecule has 3 aromatic rings. The summed E-state index contributed by atoms with van der Waals surface area (Å²) >= 11 is 0. The molecule has 0 saturated carbocycles. The summed E-state index contributed by atoms with van der Waals surface area (Å²) in [5, 5.41) is -0.309. The average Bonchev–Trinajstić information content (AvgIpc) is 3.28. The molecular formula is C24H24N2O7S2. The Balaban J connectivity index is 1.81. The smallest absolute Gasteiger partial charge is 0.294 e. The fourth-order valence-electron chi connectivity index (χ4n) is 4.14. The molecule has 35 heavy (non-hydrogen) atoms. The molecule has 4 rings (SSSR count). The van der Waals surface area contributed by atoms with E-state index in [-0.39, 0.29) is 34.2 Å². The first kappa shape index (κ1) is 24.7. The van der Waals surface area contributed by atoms with Crippen molar-refractivity contribution in [3.63, 3.8) is 0 Å². The largest absolute Gasteiger partial charge is 0.440 e. The molecule has 1 atom stereocenters. The average molecular weight is 517 g/mol. The molecule has 11 heteroatoms. The molecule has 1 aliphatic rings. The summed E-state index contributed by atoms with van der Waals surface area (Å²) in [6.07, 6.45) is 2.12. The lowest BCUT2D eigenvalue weighted by Crippen LogP contribution is -2.51. The van der Waals surface area contributed by atoms with Gasteiger partial charge in [-0.25, -0.2) is 16.8 Å². The minimum absolute atomic E-state index is 0.136. The van der Waals surface area contributed by atoms with Gasteiger partial charge in [0.15, 0.2) is 15.6 Å². The van der Waals surface area contributed by atoms with Crippen LogP contribution in [0.1, 0.15) is 24.4 Å². The minimum atomic E-state index is -3.63. The van der Waals surface area contributed by atoms with E-state index in [1.807, 2.05) is 6.92 Å². The number of nitrogens with zero attached hydrogens (tertiary/aromatic N) is 2. The van der Waals surface area contributed by atoms with E-state index in [0.717, 1.165) is 18.1 Å². The highest BCUT2D eigenvalue weighted by Crippen LogP contribution is 2.40. The first-order valence-electron chi connectivity index (χ1n) is 10.6. The van der Waals surface area contributed by atoms with Crippen molar-refractivity contribution in [1.82, 2.24) is 0 Å². The van der Waals surface area contributed by atoms with E-state index in [9.17, 15) is 26.4 Å². The maximum absolute atomic E-state index is 13.4. The van der Waals surface area contributed by atoms with Crippen LogP contribution in [0.4, 0.5) is 11.4 Å². The highest BCUT2D eigenvalue weighted by Gasteiger charge is 2.35. The van der Waals surface area contributed by atoms with E-state index < -0.39 is 25.6 Å². The van der Waals surface area contributed by atoms with Crippen molar-refractivity contribution in [3.05, 3.63) is 60.4 Å². The second-order valence-corrected chi connectivity index (χ2v) is 12.5. The van der Waals surface area contributed by atoms with Crippen molar-refractivity contribution in [2.24, 2.45) is 0 Å². The summed E-state index contributed by atoms with van der Waals surface area (Å²) in [5.41, 5.74) is 2.40. The molecule has 0 N–H and O–H groups in total. The Morgan fingerprint density at radius 3 is 2.03 bits per heavy atom. The van der Waals surface area contributed by atoms with E-state index in [1.54, 1.807) is 35.2 Å². The van der Waals surface area contributed by atoms with Crippen LogP contribution >= 0.6 is 0 Å². The van der Waals surface area contributed by atoms with Crippen molar-refractivity contribution in [2.45, 2.75) is 29.9 Å². The third-order valence-electron chi connectivity index (χ3n) is 5.77. The van der Waals surface area contributed by atoms with Crippen LogP contribution in [0.25, 0.3) is 11.1 Å². The van der Waals surface area contributed by atoms with Crippen molar-refractivity contribution in [3.8, 4) is 11.1 Å². The molecule has 2 aromatic carbocycles. The zero-order chi connectivity index (χ0) is 25.7. The summed E-state index contributed by atoms with van der Waals surface area (Å²) in [6.45, 7) is 3.42. The predicted molar refractivity (Wildman–Crippen MR) is 131 cm³/mol. The molecule has 1 aromatic heterocycles. The number of sulfone groups is 2. The summed E-state index contributed by atoms with van der Waals surface area (Å²) in [5.74, 6) is -0.864. The van der Waals surface area contributed by atoms with Crippen LogP contribution in [0.15, 0.2) is 69.0 Å². The SMILES string of the molecule is CC(=O)N1c2ccc(-c3ccc(S(C)(=O)=O)cc3)cc2N(C(=O)c2ccc(S(C)(=O)=O)o2)CC1C. The molecule has 0 fully saturated rings. The lowest BCUT2D eigenvalue weighted by molar-refractivity contribution is -0.117. The first-order valence-corrected chi connectivity index (χ1v) is 14.4. The summed E-state index contributed by atoms with van der Waals surface area (Å²) < 4.78 is 52.5. The molecule has 184 valence electrons. The van der Waals surface area contributed by atoms with E-state index in [4.69, 9.17) is 4.42 Å². The highest BCUT2D eigenvalue weighted by atomic mass is 32.2. The van der Waals surface area contributed by atoms with E-state index in [2.05, 4.69) is 0 Å². The lowest BCUT2D eigenvalue weighted by atomic mass is 10.0. The van der Waals surface area contributed by atoms with Gasteiger partial charge < -0.3 is 14.2 Å². The Hall–Kier alpha value is -3.44. The lowest BCUT2D eigenvalue weighted by Gasteiger charge is -2.40. The number of fused-ring (bicyclic) bond motifs is 1. The molecule has 0 radical (unpaired) electrons. The highest BCUT2D eigenvalue weighted by molar-refractivity contribution is 7.90. The van der Waals surface area contributed by atoms with Gasteiger partial charge in [0, 0.05) is 26.0 Å². The van der Waals surface area contributed by atoms with Crippen LogP contribution in [0.3, 0.4) is 0 Å². The molecule has 1 aliphatic heterocycles. The summed E-state index contributed by atoms with van der Waals surface area (Å²) in [6, 6.07) is 13.8. The maximum Gasteiger partial charge on any atom is 0.294 e. The van der Waals surface area contributed by atoms with Crippen LogP contribution in [0.5, 0.6) is 0 Å². The van der Waals surface area contributed by atoms with Crippen LogP contribution in [0.2, 0.25) is 0 Å². The third kappa shape index (κ3) is 4.73. The first-order chi connectivity index (χ1) is 16.3. The van der Waals surface area contributed by atoms with Crippen LogP contribution in [-0.4, -0.2) is 53.7 Å². The minimum Gasteiger partial charge on any atom is -0.440 e. The number of hydrogen-bond donors (Lipinski definition) is 0. The Labute approximate surface area is 203 Å². The third-order valence-corrected chi connectivity index (χ3v) is 7.85. The van der Waals surface area contributed by atoms with Gasteiger partial charge in [-0.3, -0.25) is 9.59 Å². The second-order valence-electron chi connectivity index (χ2n) is 8.54. The molecule has 2 heterocycles. The zero-order valence-electron chi connectivity index (χ0n) is 19.5. The Kier molecular flexibility index (Phi) is 6.10. The standard InChI is InChI=1S/C24H24N2O7S2/c1-15-14-25(24(28)22-11-12-23(33-22)35(4,31)32)21-13-18(7-10-20(21)26(15)16(2)27)17-5-8-19(9-6-17)34(3,29)30/h5-13,15H,14H2,1-4H3. The normalized spacial score (nSPS) is 16.2. The number of amides is 2. The van der Waals surface area contributed by atoms with Crippen molar-refractivity contribution >= 4 is 42.9 Å². The topological polar surface area (TPSA) is 122 Å². The number of benzene rings is 2. The molecule has 2 amide bonds. The number of anilines is 2. The molecular weight excluding hydrogens is 492 g/mol. The van der Waals surface area contributed by atoms with Crippen molar-refractivity contribution in [2.75, 3.05) is 28.9 Å². The van der Waals surface area contributed by atoms with Gasteiger partial charge >= 0.3 is 0 Å². The van der Waals surface area contributed by atoms with Crippen LogP contribution < -0.4 is 9.80 Å². The fourth-order valence-corrected chi connectivity index (χ4v) is 5.33. The van der Waals surface area contributed by atoms with E-state index in [0.29, 0.717) is 16.9 Å². The Morgan fingerprint density at radius 1 is 0.857 bits per heavy atom. The Bertz CT molecular complexity index is 1540. The predicted octanol–water partition coefficient (Wildman–Crippen LogP) is 3.16. The molecule has 0 spiro atoms. The van der Waals surface area contributed by atoms with Gasteiger partial charge in [0.1, 0.15) is 0 Å². The second kappa shape index (κ2) is 8.65. The molecule has 0 saturated heterocycles. The van der Waals surface area contributed by atoms with Gasteiger partial charge in [-0.1, -0.05) is 18.2 Å². The zero-order valence-corrected chi connectivity index (χ0v) is 21.2. The van der Waals surface area contributed by atoms with E-state index in [1.165, 1.54) is 36.1 Å². The van der Waals surface area contributed by atoms with Gasteiger partial charge in [-0.15, -0.1) is 0 Å². The fraction of sp³-hybridized carbons (Fsp3) is 0.250. The van der Waals surface area contributed by atoms with Gasteiger partial charge in [0.05, 0.1) is 22.3 Å². The quantitative estimate of drug-likeness (QED) is 0.522. The Morgan fingerprint density at radius 2 is 1.49 bits per heavy atom. The molecule has 1 unspecified atom stereocenters. The number of rotatable bonds is 4. The molecule has 9 nitrogen and oxygen atoms in total. The van der Waals surface area contributed by atoms with Crippen LogP contribution in [0, 0.1) is 0 Å². The molecule has 0 aliphatic carbocycles. The van der Waals surface area contributed by atoms with Gasteiger partial charge in [0.2, 0.25) is 20.8 Å². The van der Waals surface area contributed by atoms with Crippen molar-refractivity contribution < 1.29 is 30.8 Å². The maximum atomic E-state index is 13.4. The summed E-state index contributed by atoms with van der Waals surface area (Å²) in [4.78, 5) is 29.0. The number of furan rings is 1. The number of carbonyl (C=O) groups is 2. The number of hydrogen-bond acceptors (Lipinski definition) is 7. The van der Waals surface area contributed by atoms with Gasteiger partial charge in [-0.2, -0.15) is 0 Å². The van der Waals surface area contributed by atoms with E-state index >= 15 is 0 Å². The summed E-state index contributed by atoms with van der Waals surface area (Å²) in [7, 11) is -6.98. The number of carbonyl (C=O) groups excluding carboxylic acids is 2. The molecule has 0 bridgehead atoms. The monoisotopic (exact) mass is 516 g/mol.